The maximum absolute atomic E-state index is 13.4. The smallest absolute Gasteiger partial charge is 0.410 e. The molecule has 2 bridgehead atoms. The predicted molar refractivity (Wildman–Crippen MR) is 140 cm³/mol. The van der Waals surface area contributed by atoms with E-state index in [-0.39, 0.29) is 17.6 Å². The van der Waals surface area contributed by atoms with Gasteiger partial charge < -0.3 is 24.4 Å². The first kappa shape index (κ1) is 23.5. The van der Waals surface area contributed by atoms with Crippen LogP contribution in [-0.2, 0) is 23.2 Å². The lowest BCUT2D eigenvalue weighted by Gasteiger charge is -2.59. The van der Waals surface area contributed by atoms with Crippen LogP contribution >= 0.6 is 0 Å². The molecule has 4 aliphatic rings. The molecule has 2 aliphatic carbocycles. The minimum atomic E-state index is -0.177. The quantitative estimate of drug-likeness (QED) is 0.499. The molecular weight excluding hydrogens is 452 g/mol. The maximum atomic E-state index is 13.4. The first-order chi connectivity index (χ1) is 17.7. The third-order valence-corrected chi connectivity index (χ3v) is 8.91. The van der Waals surface area contributed by atoms with E-state index in [9.17, 15) is 4.79 Å². The molecular formula is C30H38N2O4. The van der Waals surface area contributed by atoms with Gasteiger partial charge in [0.2, 0.25) is 0 Å². The molecule has 1 saturated carbocycles. The van der Waals surface area contributed by atoms with E-state index in [1.54, 1.807) is 0 Å². The molecule has 2 aromatic rings. The fraction of sp³-hybridized carbons (Fsp3) is 0.567. The normalized spacial score (nSPS) is 26.0. The number of piperidine rings is 1. The standard InChI is InChI=1S/C30H38N2O4/c1-2-3-16-34-26-19-24-22(27-28(26)35-17-14-31-27)18-25-23-11-7-8-12-30(23,24)13-15-32(25)29(33)36-20-21-9-5-4-6-10-21/h4-6,9-10,19,23,25,31H,2-3,7-8,11-18,20H2,1H3/t23?,25-,30-/m0/s1. The maximum Gasteiger partial charge on any atom is 0.410 e. The van der Waals surface area contributed by atoms with E-state index >= 15 is 0 Å². The van der Waals surface area contributed by atoms with Gasteiger partial charge in [-0.1, -0.05) is 56.5 Å². The topological polar surface area (TPSA) is 60.0 Å². The van der Waals surface area contributed by atoms with E-state index in [1.165, 1.54) is 36.8 Å². The SMILES string of the molecule is CCCCOc1cc2c(c3c1OCCN3)C[C@H]1C3CCCC[C@@]23CCN1C(=O)OCc1ccccc1. The summed E-state index contributed by atoms with van der Waals surface area (Å²) in [4.78, 5) is 15.4. The Kier molecular flexibility index (Phi) is 6.44. The highest BCUT2D eigenvalue weighted by molar-refractivity contribution is 5.74. The largest absolute Gasteiger partial charge is 0.490 e. The van der Waals surface area contributed by atoms with Gasteiger partial charge in [0, 0.05) is 24.5 Å². The molecule has 2 heterocycles. The second-order valence-corrected chi connectivity index (χ2v) is 10.8. The Labute approximate surface area is 214 Å². The second-order valence-electron chi connectivity index (χ2n) is 10.8. The first-order valence-electron chi connectivity index (χ1n) is 13.9. The first-order valence-corrected chi connectivity index (χ1v) is 13.9. The van der Waals surface area contributed by atoms with E-state index in [0.29, 0.717) is 25.7 Å². The zero-order valence-electron chi connectivity index (χ0n) is 21.4. The van der Waals surface area contributed by atoms with Crippen LogP contribution in [0, 0.1) is 5.92 Å². The van der Waals surface area contributed by atoms with Crippen molar-refractivity contribution in [2.24, 2.45) is 5.92 Å². The summed E-state index contributed by atoms with van der Waals surface area (Å²) >= 11 is 0. The highest BCUT2D eigenvalue weighted by Gasteiger charge is 2.56. The molecule has 1 unspecified atom stereocenters. The van der Waals surface area contributed by atoms with Gasteiger partial charge in [-0.2, -0.15) is 0 Å². The Balaban J connectivity index is 1.34. The number of unbranched alkanes of at least 4 members (excludes halogenated alkanes) is 1. The summed E-state index contributed by atoms with van der Waals surface area (Å²) in [6.07, 6.45) is 8.62. The van der Waals surface area contributed by atoms with Crippen LogP contribution in [0.5, 0.6) is 11.5 Å². The van der Waals surface area contributed by atoms with Crippen molar-refractivity contribution in [3.63, 3.8) is 0 Å². The number of ether oxygens (including phenoxy) is 3. The Bertz CT molecular complexity index is 1100. The number of nitrogens with zero attached hydrogens (tertiary/aromatic N) is 1. The molecule has 6 nitrogen and oxygen atoms in total. The zero-order chi connectivity index (χ0) is 24.5. The number of fused-ring (bicyclic) bond motifs is 3. The molecule has 1 amide bonds. The fourth-order valence-electron chi connectivity index (χ4n) is 7.23. The molecule has 0 spiro atoms. The molecule has 6 rings (SSSR count). The molecule has 1 N–H and O–H groups in total. The third kappa shape index (κ3) is 3.99. The van der Waals surface area contributed by atoms with Crippen LogP contribution in [-0.4, -0.2) is 43.3 Å². The minimum Gasteiger partial charge on any atom is -0.490 e. The fourth-order valence-corrected chi connectivity index (χ4v) is 7.23. The van der Waals surface area contributed by atoms with E-state index in [4.69, 9.17) is 14.2 Å². The summed E-state index contributed by atoms with van der Waals surface area (Å²) in [7, 11) is 0. The van der Waals surface area contributed by atoms with Gasteiger partial charge in [0.05, 0.1) is 12.3 Å². The number of hydrogen-bond donors (Lipinski definition) is 1. The van der Waals surface area contributed by atoms with Crippen LogP contribution < -0.4 is 14.8 Å². The van der Waals surface area contributed by atoms with Crippen molar-refractivity contribution in [2.75, 3.05) is 31.6 Å². The van der Waals surface area contributed by atoms with Crippen LogP contribution in [0.15, 0.2) is 36.4 Å². The van der Waals surface area contributed by atoms with Gasteiger partial charge in [-0.05, 0) is 60.8 Å². The van der Waals surface area contributed by atoms with Crippen LogP contribution in [0.3, 0.4) is 0 Å². The average Bonchev–Trinajstić information content (AvgIpc) is 2.93. The van der Waals surface area contributed by atoms with Crippen LogP contribution in [0.1, 0.15) is 68.6 Å². The van der Waals surface area contributed by atoms with Gasteiger partial charge in [0.25, 0.3) is 0 Å². The van der Waals surface area contributed by atoms with Crippen LogP contribution in [0.25, 0.3) is 0 Å². The van der Waals surface area contributed by atoms with E-state index < -0.39 is 0 Å². The predicted octanol–water partition coefficient (Wildman–Crippen LogP) is 6.07. The Morgan fingerprint density at radius 2 is 2.11 bits per heavy atom. The molecule has 2 aliphatic heterocycles. The number of hydrogen-bond acceptors (Lipinski definition) is 5. The van der Waals surface area contributed by atoms with Crippen molar-refractivity contribution in [3.8, 4) is 11.5 Å². The molecule has 6 heteroatoms. The highest BCUT2D eigenvalue weighted by Crippen LogP contribution is 2.59. The van der Waals surface area contributed by atoms with Crippen molar-refractivity contribution in [3.05, 3.63) is 53.1 Å². The Morgan fingerprint density at radius 3 is 2.97 bits per heavy atom. The van der Waals surface area contributed by atoms with Crippen LogP contribution in [0.4, 0.5) is 10.5 Å². The van der Waals surface area contributed by atoms with Gasteiger partial charge >= 0.3 is 6.09 Å². The van der Waals surface area contributed by atoms with Crippen LogP contribution in [0.2, 0.25) is 0 Å². The number of carbonyl (C=O) groups is 1. The lowest BCUT2D eigenvalue weighted by molar-refractivity contribution is -0.0137. The monoisotopic (exact) mass is 490 g/mol. The molecule has 0 radical (unpaired) electrons. The number of amides is 1. The molecule has 2 aromatic carbocycles. The number of carbonyl (C=O) groups excluding carboxylic acids is 1. The number of rotatable bonds is 6. The number of likely N-dealkylation sites (tertiary alicyclic amines) is 1. The highest BCUT2D eigenvalue weighted by atomic mass is 16.6. The number of nitrogens with one attached hydrogen (secondary N) is 1. The molecule has 3 atom stereocenters. The molecule has 2 fully saturated rings. The summed E-state index contributed by atoms with van der Waals surface area (Å²) in [6, 6.07) is 12.4. The average molecular weight is 491 g/mol. The second kappa shape index (κ2) is 9.87. The summed E-state index contributed by atoms with van der Waals surface area (Å²) in [6.45, 7) is 5.41. The van der Waals surface area contributed by atoms with Crippen molar-refractivity contribution in [2.45, 2.75) is 76.4 Å². The van der Waals surface area contributed by atoms with Crippen molar-refractivity contribution in [1.29, 1.82) is 0 Å². The molecule has 0 aromatic heterocycles. The Hall–Kier alpha value is -2.89. The van der Waals surface area contributed by atoms with E-state index in [1.807, 2.05) is 35.2 Å². The number of anilines is 1. The zero-order valence-corrected chi connectivity index (χ0v) is 21.4. The Morgan fingerprint density at radius 1 is 1.22 bits per heavy atom. The van der Waals surface area contributed by atoms with Crippen molar-refractivity contribution < 1.29 is 19.0 Å². The van der Waals surface area contributed by atoms with Gasteiger partial charge in [0.15, 0.2) is 11.5 Å². The summed E-state index contributed by atoms with van der Waals surface area (Å²) < 4.78 is 18.3. The van der Waals surface area contributed by atoms with E-state index in [0.717, 1.165) is 61.5 Å². The number of benzene rings is 2. The lowest BCUT2D eigenvalue weighted by atomic mass is 9.52. The summed E-state index contributed by atoms with van der Waals surface area (Å²) in [5.41, 5.74) is 5.00. The van der Waals surface area contributed by atoms with Gasteiger partial charge in [-0.15, -0.1) is 0 Å². The molecule has 192 valence electrons. The van der Waals surface area contributed by atoms with Gasteiger partial charge in [-0.25, -0.2) is 4.79 Å². The summed E-state index contributed by atoms with van der Waals surface area (Å²) in [5.74, 6) is 2.21. The molecule has 1 saturated heterocycles. The van der Waals surface area contributed by atoms with Gasteiger partial charge in [-0.3, -0.25) is 0 Å². The molecule has 36 heavy (non-hydrogen) atoms. The van der Waals surface area contributed by atoms with Crippen molar-refractivity contribution >= 4 is 11.8 Å². The lowest BCUT2D eigenvalue weighted by Crippen LogP contribution is -2.62. The van der Waals surface area contributed by atoms with Gasteiger partial charge in [0.1, 0.15) is 13.2 Å². The van der Waals surface area contributed by atoms with Crippen molar-refractivity contribution in [1.82, 2.24) is 4.90 Å². The van der Waals surface area contributed by atoms with E-state index in [2.05, 4.69) is 18.3 Å². The third-order valence-electron chi connectivity index (χ3n) is 8.91. The minimum absolute atomic E-state index is 0.101. The summed E-state index contributed by atoms with van der Waals surface area (Å²) in [5, 5.41) is 3.65.